The monoisotopic (exact) mass is 585 g/mol. The van der Waals surface area contributed by atoms with E-state index in [1.54, 1.807) is 0 Å². The van der Waals surface area contributed by atoms with E-state index in [4.69, 9.17) is 10.7 Å². The van der Waals surface area contributed by atoms with E-state index in [0.29, 0.717) is 30.6 Å². The number of hydrogen-bond donors (Lipinski definition) is 4. The van der Waals surface area contributed by atoms with E-state index in [-0.39, 0.29) is 24.0 Å². The summed E-state index contributed by atoms with van der Waals surface area (Å²) in [5, 5.41) is 10.6. The quantitative estimate of drug-likeness (QED) is 0.138. The van der Waals surface area contributed by atoms with Crippen LogP contribution in [0.15, 0.2) is 48.5 Å². The Balaban J connectivity index is 1.04. The number of carbonyl (C=O) groups is 2. The first-order chi connectivity index (χ1) is 20.5. The normalized spacial score (nSPS) is 19.6. The fourth-order valence-corrected chi connectivity index (χ4v) is 7.65. The Morgan fingerprint density at radius 1 is 1.07 bits per heavy atom. The molecule has 4 heterocycles. The van der Waals surface area contributed by atoms with Gasteiger partial charge >= 0.3 is 6.03 Å². The second kappa shape index (κ2) is 12.6. The molecule has 0 unspecified atom stereocenters. The van der Waals surface area contributed by atoms with Gasteiger partial charge in [0.05, 0.1) is 23.1 Å². The van der Waals surface area contributed by atoms with Crippen LogP contribution in [0.5, 0.6) is 0 Å². The van der Waals surface area contributed by atoms with Crippen LogP contribution in [-0.2, 0) is 24.3 Å². The maximum absolute atomic E-state index is 12.5. The molecule has 10 heteroatoms. The fraction of sp³-hybridized carbons (Fsp3) is 0.438. The molecule has 2 fully saturated rings. The Morgan fingerprint density at radius 2 is 1.88 bits per heavy atom. The van der Waals surface area contributed by atoms with Gasteiger partial charge in [0.25, 0.3) is 0 Å². The third-order valence-electron chi connectivity index (χ3n) is 8.38. The Kier molecular flexibility index (Phi) is 8.51. The van der Waals surface area contributed by atoms with E-state index in [0.717, 1.165) is 77.6 Å². The first-order valence-electron chi connectivity index (χ1n) is 15.1. The SMILES string of the molecule is CCCCc1nc2c(N)nc3ccccc3c2n1Cc1ccc(CNC(=O)CCCC[C@H]2SC[C@H]3NC(=O)N[C@H]32)cc1. The van der Waals surface area contributed by atoms with Crippen LogP contribution in [-0.4, -0.2) is 49.6 Å². The number of benzene rings is 2. The van der Waals surface area contributed by atoms with Gasteiger partial charge in [-0.3, -0.25) is 4.79 Å². The predicted octanol–water partition coefficient (Wildman–Crippen LogP) is 4.90. The summed E-state index contributed by atoms with van der Waals surface area (Å²) in [6.07, 6.45) is 6.42. The predicted molar refractivity (Wildman–Crippen MR) is 169 cm³/mol. The minimum atomic E-state index is -0.0500. The van der Waals surface area contributed by atoms with Gasteiger partial charge in [-0.2, -0.15) is 11.8 Å². The highest BCUT2D eigenvalue weighted by molar-refractivity contribution is 8.00. The molecule has 42 heavy (non-hydrogen) atoms. The van der Waals surface area contributed by atoms with Crippen molar-refractivity contribution in [2.45, 2.75) is 82.3 Å². The Bertz CT molecular complexity index is 1590. The zero-order chi connectivity index (χ0) is 29.1. The van der Waals surface area contributed by atoms with Crippen molar-refractivity contribution in [2.24, 2.45) is 0 Å². The van der Waals surface area contributed by atoms with Gasteiger partial charge in [0.2, 0.25) is 5.91 Å². The molecule has 6 rings (SSSR count). The number of aryl methyl sites for hydroxylation is 1. The lowest BCUT2D eigenvalue weighted by molar-refractivity contribution is -0.121. The average Bonchev–Trinajstić information content (AvgIpc) is 3.67. The molecule has 0 saturated carbocycles. The highest BCUT2D eigenvalue weighted by Gasteiger charge is 2.42. The van der Waals surface area contributed by atoms with Gasteiger partial charge in [0, 0.05) is 42.3 Å². The van der Waals surface area contributed by atoms with Crippen LogP contribution in [0.1, 0.15) is 62.4 Å². The number of carbonyl (C=O) groups excluding carboxylic acids is 2. The summed E-state index contributed by atoms with van der Waals surface area (Å²) in [6, 6.07) is 17.0. The molecule has 0 bridgehead atoms. The summed E-state index contributed by atoms with van der Waals surface area (Å²) >= 11 is 1.92. The lowest BCUT2D eigenvalue weighted by atomic mass is 10.0. The van der Waals surface area contributed by atoms with Gasteiger partial charge in [-0.15, -0.1) is 0 Å². The molecule has 2 aliphatic heterocycles. The summed E-state index contributed by atoms with van der Waals surface area (Å²) in [5.41, 5.74) is 11.3. The number of rotatable bonds is 12. The second-order valence-corrected chi connectivity index (χ2v) is 12.7. The van der Waals surface area contributed by atoms with Crippen molar-refractivity contribution in [3.8, 4) is 0 Å². The van der Waals surface area contributed by atoms with Crippen LogP contribution < -0.4 is 21.7 Å². The van der Waals surface area contributed by atoms with Crippen LogP contribution in [0.4, 0.5) is 10.6 Å². The number of urea groups is 1. The molecule has 0 spiro atoms. The molecule has 220 valence electrons. The van der Waals surface area contributed by atoms with Crippen molar-refractivity contribution in [1.82, 2.24) is 30.5 Å². The van der Waals surface area contributed by atoms with E-state index in [9.17, 15) is 9.59 Å². The highest BCUT2D eigenvalue weighted by Crippen LogP contribution is 2.33. The number of imidazole rings is 1. The van der Waals surface area contributed by atoms with Crippen molar-refractivity contribution in [3.05, 3.63) is 65.5 Å². The Labute approximate surface area is 250 Å². The number of nitrogen functional groups attached to an aromatic ring is 1. The third kappa shape index (κ3) is 6.04. The molecule has 9 nitrogen and oxygen atoms in total. The number of aromatic nitrogens is 3. The second-order valence-electron chi connectivity index (χ2n) is 11.4. The Morgan fingerprint density at radius 3 is 2.71 bits per heavy atom. The molecule has 2 saturated heterocycles. The van der Waals surface area contributed by atoms with Gasteiger partial charge in [0.15, 0.2) is 5.82 Å². The van der Waals surface area contributed by atoms with Crippen molar-refractivity contribution in [3.63, 3.8) is 0 Å². The van der Waals surface area contributed by atoms with Crippen LogP contribution >= 0.6 is 11.8 Å². The molecular weight excluding hydrogens is 546 g/mol. The van der Waals surface area contributed by atoms with E-state index in [2.05, 4.69) is 62.8 Å². The van der Waals surface area contributed by atoms with Crippen molar-refractivity contribution in [2.75, 3.05) is 11.5 Å². The minimum Gasteiger partial charge on any atom is -0.382 e. The number of nitrogens with zero attached hydrogens (tertiary/aromatic N) is 3. The number of nitrogens with two attached hydrogens (primary N) is 1. The summed E-state index contributed by atoms with van der Waals surface area (Å²) < 4.78 is 2.30. The number of thioether (sulfide) groups is 1. The smallest absolute Gasteiger partial charge is 0.315 e. The molecule has 3 atom stereocenters. The molecule has 2 aliphatic rings. The van der Waals surface area contributed by atoms with Gasteiger partial charge in [-0.05, 0) is 36.5 Å². The molecule has 0 aliphatic carbocycles. The molecule has 2 aromatic carbocycles. The highest BCUT2D eigenvalue weighted by atomic mass is 32.2. The average molecular weight is 586 g/mol. The van der Waals surface area contributed by atoms with E-state index in [1.165, 1.54) is 5.56 Å². The maximum atomic E-state index is 12.5. The van der Waals surface area contributed by atoms with E-state index >= 15 is 0 Å². The molecule has 4 aromatic rings. The molecule has 2 aromatic heterocycles. The number of anilines is 1. The van der Waals surface area contributed by atoms with Crippen molar-refractivity contribution < 1.29 is 9.59 Å². The largest absolute Gasteiger partial charge is 0.382 e. The third-order valence-corrected chi connectivity index (χ3v) is 9.89. The maximum Gasteiger partial charge on any atom is 0.315 e. The molecule has 0 radical (unpaired) electrons. The van der Waals surface area contributed by atoms with E-state index in [1.807, 2.05) is 30.0 Å². The lowest BCUT2D eigenvalue weighted by Gasteiger charge is -2.16. The van der Waals surface area contributed by atoms with Crippen molar-refractivity contribution >= 4 is 51.5 Å². The number of hydrogen-bond acceptors (Lipinski definition) is 6. The molecule has 3 amide bonds. The van der Waals surface area contributed by atoms with E-state index < -0.39 is 0 Å². The number of fused-ring (bicyclic) bond motifs is 4. The number of para-hydroxylation sites is 1. The fourth-order valence-electron chi connectivity index (χ4n) is 6.11. The zero-order valence-corrected chi connectivity index (χ0v) is 24.9. The number of amides is 3. The first-order valence-corrected chi connectivity index (χ1v) is 16.1. The number of unbranched alkanes of at least 4 members (excludes halogenated alkanes) is 2. The summed E-state index contributed by atoms with van der Waals surface area (Å²) in [6.45, 7) is 3.40. The van der Waals surface area contributed by atoms with Gasteiger partial charge < -0.3 is 26.3 Å². The van der Waals surface area contributed by atoms with Gasteiger partial charge in [0.1, 0.15) is 11.3 Å². The van der Waals surface area contributed by atoms with Gasteiger partial charge in [-0.1, -0.05) is 62.2 Å². The first kappa shape index (κ1) is 28.3. The van der Waals surface area contributed by atoms with Crippen molar-refractivity contribution in [1.29, 1.82) is 0 Å². The zero-order valence-electron chi connectivity index (χ0n) is 24.1. The van der Waals surface area contributed by atoms with Gasteiger partial charge in [-0.25, -0.2) is 14.8 Å². The Hall–Kier alpha value is -3.79. The topological polar surface area (TPSA) is 127 Å². The number of pyridine rings is 1. The van der Waals surface area contributed by atoms with Crippen LogP contribution in [0, 0.1) is 0 Å². The van der Waals surface area contributed by atoms with Crippen LogP contribution in [0.25, 0.3) is 21.9 Å². The summed E-state index contributed by atoms with van der Waals surface area (Å²) in [4.78, 5) is 33.6. The van der Waals surface area contributed by atoms with Crippen LogP contribution in [0.3, 0.4) is 0 Å². The standard InChI is InChI=1S/C32H39N7O2S/c1-2-3-11-26-37-29-30(22-8-4-5-9-23(22)35-31(29)33)39(26)18-21-15-13-20(14-16-21)17-34-27(40)12-7-6-10-25-28-24(19-42-25)36-32(41)38-28/h4-5,8-9,13-16,24-25,28H,2-3,6-7,10-12,17-19H2,1H3,(H2,33,35)(H,34,40)(H2,36,38,41)/t24-,25-,28-/m1/s1. The minimum absolute atomic E-state index is 0.0500. The molecule has 5 N–H and O–H groups in total. The number of nitrogens with one attached hydrogen (secondary N) is 3. The van der Waals surface area contributed by atoms with Crippen LogP contribution in [0.2, 0.25) is 0 Å². The summed E-state index contributed by atoms with van der Waals surface area (Å²) in [7, 11) is 0. The summed E-state index contributed by atoms with van der Waals surface area (Å²) in [5.74, 6) is 2.55. The lowest BCUT2D eigenvalue weighted by Crippen LogP contribution is -2.36. The molecular formula is C32H39N7O2S.